The second kappa shape index (κ2) is 5.79. The largest absolute Gasteiger partial charge is 0.497 e. The average molecular weight is 352 g/mol. The summed E-state index contributed by atoms with van der Waals surface area (Å²) in [6.07, 6.45) is 3.68. The Morgan fingerprint density at radius 3 is 2.65 bits per heavy atom. The lowest BCUT2D eigenvalue weighted by molar-refractivity contribution is 0.414. The number of hydrogen-bond acceptors (Lipinski definition) is 1. The molecule has 104 valence electrons. The molecule has 1 unspecified atom stereocenters. The van der Waals surface area contributed by atoms with E-state index in [2.05, 4.69) is 34.1 Å². The van der Waals surface area contributed by atoms with Crippen LogP contribution in [0, 0.1) is 0 Å². The predicted molar refractivity (Wildman–Crippen MR) is 87.2 cm³/mol. The van der Waals surface area contributed by atoms with Gasteiger partial charge in [0.15, 0.2) is 0 Å². The minimum absolute atomic E-state index is 0.117. The highest BCUT2D eigenvalue weighted by atomic mass is 79.9. The molecule has 3 rings (SSSR count). The number of benzene rings is 2. The van der Waals surface area contributed by atoms with Crippen LogP contribution in [-0.4, -0.2) is 7.11 Å². The van der Waals surface area contributed by atoms with E-state index in [-0.39, 0.29) is 4.83 Å². The van der Waals surface area contributed by atoms with Crippen molar-refractivity contribution >= 4 is 27.5 Å². The van der Waals surface area contributed by atoms with Crippen LogP contribution in [0.1, 0.15) is 33.5 Å². The lowest BCUT2D eigenvalue weighted by Gasteiger charge is -2.15. The number of halogens is 2. The Morgan fingerprint density at radius 2 is 1.90 bits per heavy atom. The Balaban J connectivity index is 1.94. The Labute approximate surface area is 133 Å². The molecule has 1 aliphatic rings. The first-order valence-electron chi connectivity index (χ1n) is 6.78. The Hall–Kier alpha value is -0.990. The minimum atomic E-state index is 0.117. The van der Waals surface area contributed by atoms with Gasteiger partial charge >= 0.3 is 0 Å². The van der Waals surface area contributed by atoms with Gasteiger partial charge in [-0.1, -0.05) is 51.8 Å². The molecule has 1 nitrogen and oxygen atoms in total. The third-order valence-electron chi connectivity index (χ3n) is 3.90. The Morgan fingerprint density at radius 1 is 1.10 bits per heavy atom. The monoisotopic (exact) mass is 350 g/mol. The molecule has 20 heavy (non-hydrogen) atoms. The van der Waals surface area contributed by atoms with Crippen molar-refractivity contribution in [2.45, 2.75) is 24.1 Å². The van der Waals surface area contributed by atoms with E-state index in [1.54, 1.807) is 7.11 Å². The number of methoxy groups -OCH3 is 1. The molecule has 0 bridgehead atoms. The molecule has 0 saturated carbocycles. The van der Waals surface area contributed by atoms with Gasteiger partial charge in [0.1, 0.15) is 5.75 Å². The molecular formula is C17H16BrClO. The van der Waals surface area contributed by atoms with Crippen LogP contribution in [0.5, 0.6) is 5.75 Å². The van der Waals surface area contributed by atoms with Crippen molar-refractivity contribution < 1.29 is 4.74 Å². The topological polar surface area (TPSA) is 9.23 Å². The molecule has 0 radical (unpaired) electrons. The summed E-state index contributed by atoms with van der Waals surface area (Å²) in [5.41, 5.74) is 5.31. The fraction of sp³-hybridized carbons (Fsp3) is 0.294. The van der Waals surface area contributed by atoms with Crippen molar-refractivity contribution in [2.75, 3.05) is 7.11 Å². The molecule has 0 N–H and O–H groups in total. The molecule has 1 aliphatic carbocycles. The first kappa shape index (κ1) is 14.0. The third-order valence-corrected chi connectivity index (χ3v) is 5.25. The zero-order valence-electron chi connectivity index (χ0n) is 11.3. The van der Waals surface area contributed by atoms with E-state index in [0.717, 1.165) is 16.3 Å². The van der Waals surface area contributed by atoms with Crippen molar-refractivity contribution in [1.82, 2.24) is 0 Å². The zero-order valence-corrected chi connectivity index (χ0v) is 13.7. The predicted octanol–water partition coefficient (Wildman–Crippen LogP) is 5.32. The summed E-state index contributed by atoms with van der Waals surface area (Å²) in [4.78, 5) is 0.117. The standard InChI is InChI=1S/C17H16BrClO/c1-20-14-7-8-15(16(19)10-14)17(18)13-6-5-11-3-2-4-12(11)9-13/h5-10,17H,2-4H2,1H3. The van der Waals surface area contributed by atoms with Crippen molar-refractivity contribution in [2.24, 2.45) is 0 Å². The molecule has 3 heteroatoms. The highest BCUT2D eigenvalue weighted by Crippen LogP contribution is 2.38. The SMILES string of the molecule is COc1ccc(C(Br)c2ccc3c(c2)CCC3)c(Cl)c1. The summed E-state index contributed by atoms with van der Waals surface area (Å²) in [7, 11) is 1.65. The first-order valence-corrected chi connectivity index (χ1v) is 8.07. The quantitative estimate of drug-likeness (QED) is 0.680. The van der Waals surface area contributed by atoms with Gasteiger partial charge in [0, 0.05) is 5.02 Å². The Kier molecular flexibility index (Phi) is 4.04. The van der Waals surface area contributed by atoms with Crippen LogP contribution >= 0.6 is 27.5 Å². The molecule has 2 aromatic rings. The number of rotatable bonds is 3. The van der Waals surface area contributed by atoms with E-state index < -0.39 is 0 Å². The van der Waals surface area contributed by atoms with Gasteiger partial charge in [-0.2, -0.15) is 0 Å². The average Bonchev–Trinajstić information content (AvgIpc) is 2.93. The van der Waals surface area contributed by atoms with Crippen molar-refractivity contribution in [3.05, 3.63) is 63.7 Å². The fourth-order valence-corrected chi connectivity index (χ4v) is 3.86. The molecule has 0 heterocycles. The zero-order chi connectivity index (χ0) is 14.1. The highest BCUT2D eigenvalue weighted by molar-refractivity contribution is 9.09. The second-order valence-corrected chi connectivity index (χ2v) is 6.45. The van der Waals surface area contributed by atoms with E-state index in [0.29, 0.717) is 0 Å². The first-order chi connectivity index (χ1) is 9.69. The number of hydrogen-bond donors (Lipinski definition) is 0. The number of aryl methyl sites for hydroxylation is 2. The fourth-order valence-electron chi connectivity index (χ4n) is 2.77. The maximum Gasteiger partial charge on any atom is 0.120 e. The van der Waals surface area contributed by atoms with Gasteiger partial charge in [0.25, 0.3) is 0 Å². The molecule has 0 aliphatic heterocycles. The molecular weight excluding hydrogens is 336 g/mol. The van der Waals surface area contributed by atoms with Crippen LogP contribution in [0.25, 0.3) is 0 Å². The summed E-state index contributed by atoms with van der Waals surface area (Å²) in [5, 5.41) is 0.728. The van der Waals surface area contributed by atoms with Gasteiger partial charge in [-0.05, 0) is 53.6 Å². The summed E-state index contributed by atoms with van der Waals surface area (Å²) in [6, 6.07) is 12.6. The normalized spacial score (nSPS) is 14.9. The highest BCUT2D eigenvalue weighted by Gasteiger charge is 2.17. The maximum atomic E-state index is 6.36. The van der Waals surface area contributed by atoms with E-state index in [1.807, 2.05) is 18.2 Å². The van der Waals surface area contributed by atoms with E-state index in [1.165, 1.54) is 36.0 Å². The molecule has 0 spiro atoms. The van der Waals surface area contributed by atoms with Crippen LogP contribution in [0.4, 0.5) is 0 Å². The van der Waals surface area contributed by atoms with E-state index in [9.17, 15) is 0 Å². The number of fused-ring (bicyclic) bond motifs is 1. The summed E-state index contributed by atoms with van der Waals surface area (Å²) >= 11 is 10.1. The number of ether oxygens (including phenoxy) is 1. The smallest absolute Gasteiger partial charge is 0.120 e. The summed E-state index contributed by atoms with van der Waals surface area (Å²) < 4.78 is 5.20. The van der Waals surface area contributed by atoms with Crippen molar-refractivity contribution in [3.63, 3.8) is 0 Å². The summed E-state index contributed by atoms with van der Waals surface area (Å²) in [6.45, 7) is 0. The van der Waals surface area contributed by atoms with Crippen LogP contribution in [-0.2, 0) is 12.8 Å². The molecule has 2 aromatic carbocycles. The lowest BCUT2D eigenvalue weighted by atomic mass is 10.0. The Bertz CT molecular complexity index is 639. The van der Waals surface area contributed by atoms with Crippen molar-refractivity contribution in [3.8, 4) is 5.75 Å². The van der Waals surface area contributed by atoms with Gasteiger partial charge in [0.2, 0.25) is 0 Å². The van der Waals surface area contributed by atoms with E-state index >= 15 is 0 Å². The van der Waals surface area contributed by atoms with Crippen LogP contribution in [0.2, 0.25) is 5.02 Å². The van der Waals surface area contributed by atoms with Gasteiger partial charge < -0.3 is 4.74 Å². The number of alkyl halides is 1. The molecule has 1 atom stereocenters. The molecule has 0 saturated heterocycles. The minimum Gasteiger partial charge on any atom is -0.497 e. The van der Waals surface area contributed by atoms with Gasteiger partial charge in [-0.25, -0.2) is 0 Å². The van der Waals surface area contributed by atoms with Gasteiger partial charge in [-0.15, -0.1) is 0 Å². The maximum absolute atomic E-state index is 6.36. The second-order valence-electron chi connectivity index (χ2n) is 5.13. The van der Waals surface area contributed by atoms with Crippen LogP contribution < -0.4 is 4.74 Å². The van der Waals surface area contributed by atoms with Gasteiger partial charge in [0.05, 0.1) is 11.9 Å². The summed E-state index contributed by atoms with van der Waals surface area (Å²) in [5.74, 6) is 0.785. The molecule has 0 amide bonds. The van der Waals surface area contributed by atoms with Gasteiger partial charge in [-0.3, -0.25) is 0 Å². The van der Waals surface area contributed by atoms with Crippen LogP contribution in [0.15, 0.2) is 36.4 Å². The van der Waals surface area contributed by atoms with E-state index in [4.69, 9.17) is 16.3 Å². The molecule has 0 aromatic heterocycles. The van der Waals surface area contributed by atoms with Crippen LogP contribution in [0.3, 0.4) is 0 Å². The lowest BCUT2D eigenvalue weighted by Crippen LogP contribution is -1.96. The molecule has 0 fully saturated rings. The third kappa shape index (κ3) is 2.59. The van der Waals surface area contributed by atoms with Crippen molar-refractivity contribution in [1.29, 1.82) is 0 Å².